The Morgan fingerprint density at radius 1 is 0.733 bits per heavy atom. The largest absolute Gasteiger partial charge is 0.478 e. The van der Waals surface area contributed by atoms with E-state index in [-0.39, 0.29) is 0 Å². The average molecular weight is 200 g/mol. The quantitative estimate of drug-likeness (QED) is 0.768. The Balaban J connectivity index is 0.000000162. The fraction of sp³-hybridized carbons (Fsp3) is 0. The molecule has 1 N–H and O–H groups in total. The van der Waals surface area contributed by atoms with Crippen LogP contribution in [0.1, 0.15) is 10.4 Å². The van der Waals surface area contributed by atoms with Gasteiger partial charge in [-0.1, -0.05) is 54.6 Å². The highest BCUT2D eigenvalue weighted by molar-refractivity contribution is 5.87. The van der Waals surface area contributed by atoms with E-state index >= 15 is 0 Å². The van der Waals surface area contributed by atoms with Crippen LogP contribution in [0.15, 0.2) is 66.7 Å². The van der Waals surface area contributed by atoms with Crippen molar-refractivity contribution in [1.82, 2.24) is 0 Å². The van der Waals surface area contributed by atoms with Crippen molar-refractivity contribution in [3.63, 3.8) is 0 Å². The summed E-state index contributed by atoms with van der Waals surface area (Å²) in [4.78, 5) is 10.2. The van der Waals surface area contributed by atoms with Gasteiger partial charge in [0.25, 0.3) is 0 Å². The first-order chi connectivity index (χ1) is 7.30. The third-order valence-electron chi connectivity index (χ3n) is 1.69. The monoisotopic (exact) mass is 200 g/mol. The standard InChI is InChI=1S/C7H6O2.C6H6/c8-7(9)6-4-2-1-3-5-6;1-2-4-6-5-3-1/h1-5H,(H,8,9);1-6H. The molecular weight excluding hydrogens is 188 g/mol. The fourth-order valence-electron chi connectivity index (χ4n) is 0.966. The van der Waals surface area contributed by atoms with Crippen LogP contribution >= 0.6 is 0 Å². The van der Waals surface area contributed by atoms with Crippen molar-refractivity contribution in [3.8, 4) is 0 Å². The summed E-state index contributed by atoms with van der Waals surface area (Å²) in [6.45, 7) is 0. The Hall–Kier alpha value is -2.09. The molecule has 0 aliphatic rings. The number of hydrogen-bond donors (Lipinski definition) is 1. The van der Waals surface area contributed by atoms with Crippen LogP contribution < -0.4 is 0 Å². The summed E-state index contributed by atoms with van der Waals surface area (Å²) >= 11 is 0. The number of hydrogen-bond acceptors (Lipinski definition) is 1. The van der Waals surface area contributed by atoms with Crippen LogP contribution in [0.3, 0.4) is 0 Å². The van der Waals surface area contributed by atoms with E-state index in [2.05, 4.69) is 0 Å². The lowest BCUT2D eigenvalue weighted by Gasteiger charge is -1.88. The molecule has 0 aliphatic heterocycles. The van der Waals surface area contributed by atoms with Crippen molar-refractivity contribution in [2.45, 2.75) is 0 Å². The molecular formula is C13H12O2. The maximum absolute atomic E-state index is 10.2. The zero-order chi connectivity index (χ0) is 10.9. The van der Waals surface area contributed by atoms with Crippen LogP contribution in [0.2, 0.25) is 0 Å². The minimum Gasteiger partial charge on any atom is -0.478 e. The van der Waals surface area contributed by atoms with Gasteiger partial charge in [0.1, 0.15) is 0 Å². The van der Waals surface area contributed by atoms with Crippen molar-refractivity contribution < 1.29 is 9.90 Å². The lowest BCUT2D eigenvalue weighted by Crippen LogP contribution is -1.93. The van der Waals surface area contributed by atoms with Crippen LogP contribution in [0.4, 0.5) is 0 Å². The molecule has 0 spiro atoms. The zero-order valence-electron chi connectivity index (χ0n) is 8.21. The van der Waals surface area contributed by atoms with E-state index in [9.17, 15) is 4.79 Å². The summed E-state index contributed by atoms with van der Waals surface area (Å²) in [6.07, 6.45) is 0. The van der Waals surface area contributed by atoms with Crippen LogP contribution in [0.5, 0.6) is 0 Å². The minimum atomic E-state index is -0.879. The predicted octanol–water partition coefficient (Wildman–Crippen LogP) is 3.07. The number of carboxylic acids is 1. The van der Waals surface area contributed by atoms with Crippen LogP contribution in [-0.4, -0.2) is 11.1 Å². The van der Waals surface area contributed by atoms with E-state index in [4.69, 9.17) is 5.11 Å². The SMILES string of the molecule is O=C(O)c1ccccc1.c1ccccc1. The summed E-state index contributed by atoms with van der Waals surface area (Å²) in [5, 5.41) is 8.38. The van der Waals surface area contributed by atoms with E-state index in [1.165, 1.54) is 0 Å². The van der Waals surface area contributed by atoms with Gasteiger partial charge in [-0.3, -0.25) is 0 Å². The molecule has 2 aromatic carbocycles. The molecule has 76 valence electrons. The van der Waals surface area contributed by atoms with E-state index in [1.54, 1.807) is 30.3 Å². The van der Waals surface area contributed by atoms with E-state index in [1.807, 2.05) is 36.4 Å². The van der Waals surface area contributed by atoms with Gasteiger partial charge in [-0.2, -0.15) is 0 Å². The molecule has 2 aromatic rings. The van der Waals surface area contributed by atoms with Crippen molar-refractivity contribution >= 4 is 5.97 Å². The summed E-state index contributed by atoms with van der Waals surface area (Å²) in [5.41, 5.74) is 0.331. The summed E-state index contributed by atoms with van der Waals surface area (Å²) < 4.78 is 0. The molecule has 0 amide bonds. The zero-order valence-corrected chi connectivity index (χ0v) is 8.21. The van der Waals surface area contributed by atoms with E-state index in [0.29, 0.717) is 5.56 Å². The molecule has 2 heteroatoms. The first-order valence-electron chi connectivity index (χ1n) is 4.59. The van der Waals surface area contributed by atoms with Crippen molar-refractivity contribution in [1.29, 1.82) is 0 Å². The van der Waals surface area contributed by atoms with Crippen molar-refractivity contribution in [2.75, 3.05) is 0 Å². The van der Waals surface area contributed by atoms with Gasteiger partial charge in [-0.15, -0.1) is 0 Å². The Labute approximate surface area is 88.8 Å². The van der Waals surface area contributed by atoms with Gasteiger partial charge in [0, 0.05) is 0 Å². The lowest BCUT2D eigenvalue weighted by atomic mass is 10.2. The molecule has 0 heterocycles. The molecule has 0 fully saturated rings. The minimum absolute atomic E-state index is 0.331. The van der Waals surface area contributed by atoms with Crippen LogP contribution in [0, 0.1) is 0 Å². The molecule has 0 radical (unpaired) electrons. The number of benzene rings is 2. The maximum Gasteiger partial charge on any atom is 0.335 e. The Kier molecular flexibility index (Phi) is 4.67. The summed E-state index contributed by atoms with van der Waals surface area (Å²) in [6, 6.07) is 20.3. The molecule has 0 saturated heterocycles. The molecule has 15 heavy (non-hydrogen) atoms. The maximum atomic E-state index is 10.2. The second-order valence-electron chi connectivity index (χ2n) is 2.83. The van der Waals surface area contributed by atoms with E-state index < -0.39 is 5.97 Å². The molecule has 0 saturated carbocycles. The number of aromatic carboxylic acids is 1. The highest BCUT2D eigenvalue weighted by Gasteiger charge is 1.96. The first-order valence-corrected chi connectivity index (χ1v) is 4.59. The third-order valence-corrected chi connectivity index (χ3v) is 1.69. The number of carbonyl (C=O) groups is 1. The highest BCUT2D eigenvalue weighted by Crippen LogP contribution is 1.96. The van der Waals surface area contributed by atoms with Crippen LogP contribution in [0.25, 0.3) is 0 Å². The second-order valence-corrected chi connectivity index (χ2v) is 2.83. The number of rotatable bonds is 1. The van der Waals surface area contributed by atoms with E-state index in [0.717, 1.165) is 0 Å². The Bertz CT molecular complexity index is 355. The molecule has 0 bridgehead atoms. The van der Waals surface area contributed by atoms with Gasteiger partial charge in [0.2, 0.25) is 0 Å². The van der Waals surface area contributed by atoms with Crippen molar-refractivity contribution in [3.05, 3.63) is 72.3 Å². The van der Waals surface area contributed by atoms with Gasteiger partial charge in [0.15, 0.2) is 0 Å². The molecule has 2 nitrogen and oxygen atoms in total. The Morgan fingerprint density at radius 2 is 1.07 bits per heavy atom. The molecule has 0 unspecified atom stereocenters. The average Bonchev–Trinajstić information content (AvgIpc) is 2.33. The second kappa shape index (κ2) is 6.38. The molecule has 0 aromatic heterocycles. The first kappa shape index (κ1) is 11.0. The van der Waals surface area contributed by atoms with Gasteiger partial charge >= 0.3 is 5.97 Å². The summed E-state index contributed by atoms with van der Waals surface area (Å²) in [7, 11) is 0. The molecule has 2 rings (SSSR count). The normalized spacial score (nSPS) is 8.53. The smallest absolute Gasteiger partial charge is 0.335 e. The van der Waals surface area contributed by atoms with Gasteiger partial charge in [-0.25, -0.2) is 4.79 Å². The third kappa shape index (κ3) is 4.62. The highest BCUT2D eigenvalue weighted by atomic mass is 16.4. The number of carboxylic acid groups (broad SMARTS) is 1. The van der Waals surface area contributed by atoms with Crippen molar-refractivity contribution in [2.24, 2.45) is 0 Å². The lowest BCUT2D eigenvalue weighted by molar-refractivity contribution is 0.0697. The molecule has 0 atom stereocenters. The van der Waals surface area contributed by atoms with Crippen LogP contribution in [-0.2, 0) is 0 Å². The topological polar surface area (TPSA) is 37.3 Å². The molecule has 0 aliphatic carbocycles. The Morgan fingerprint density at radius 3 is 1.33 bits per heavy atom. The summed E-state index contributed by atoms with van der Waals surface area (Å²) in [5.74, 6) is -0.879. The fourth-order valence-corrected chi connectivity index (χ4v) is 0.966. The van der Waals surface area contributed by atoms with Gasteiger partial charge in [-0.05, 0) is 12.1 Å². The van der Waals surface area contributed by atoms with Gasteiger partial charge in [0.05, 0.1) is 5.56 Å². The van der Waals surface area contributed by atoms with Gasteiger partial charge < -0.3 is 5.11 Å². The predicted molar refractivity (Wildman–Crippen MR) is 59.8 cm³/mol.